The summed E-state index contributed by atoms with van der Waals surface area (Å²) >= 11 is 6.09. The molecule has 0 saturated carbocycles. The van der Waals surface area contributed by atoms with Gasteiger partial charge in [0.15, 0.2) is 0 Å². The van der Waals surface area contributed by atoms with E-state index in [1.165, 1.54) is 6.07 Å². The minimum Gasteiger partial charge on any atom is -0.330 e. The third-order valence-electron chi connectivity index (χ3n) is 3.34. The zero-order valence-electron chi connectivity index (χ0n) is 11.2. The van der Waals surface area contributed by atoms with Gasteiger partial charge >= 0.3 is 0 Å². The summed E-state index contributed by atoms with van der Waals surface area (Å²) in [5.41, 5.74) is 8.80. The van der Waals surface area contributed by atoms with Crippen LogP contribution in [0.3, 0.4) is 0 Å². The average molecular weight is 282 g/mol. The molecule has 5 heteroatoms. The maximum absolute atomic E-state index is 14.0. The van der Waals surface area contributed by atoms with Gasteiger partial charge in [-0.15, -0.1) is 0 Å². The molecule has 0 bridgehead atoms. The van der Waals surface area contributed by atoms with Gasteiger partial charge in [-0.25, -0.2) is 9.07 Å². The fraction of sp³-hybridized carbons (Fsp3) is 0.357. The summed E-state index contributed by atoms with van der Waals surface area (Å²) in [6.45, 7) is 6.37. The Morgan fingerprint density at radius 3 is 2.68 bits per heavy atom. The first-order chi connectivity index (χ1) is 8.97. The Hall–Kier alpha value is -1.39. The van der Waals surface area contributed by atoms with E-state index in [2.05, 4.69) is 5.10 Å². The van der Waals surface area contributed by atoms with E-state index in [1.807, 2.05) is 20.8 Å². The zero-order valence-corrected chi connectivity index (χ0v) is 12.0. The van der Waals surface area contributed by atoms with Crippen LogP contribution >= 0.6 is 11.6 Å². The van der Waals surface area contributed by atoms with Crippen molar-refractivity contribution in [1.82, 2.24) is 9.78 Å². The third-order valence-corrected chi connectivity index (χ3v) is 3.65. The second-order valence-corrected chi connectivity index (χ2v) is 5.11. The third kappa shape index (κ3) is 2.38. The molecular formula is C14H17ClFN3. The van der Waals surface area contributed by atoms with Gasteiger partial charge in [0, 0.05) is 11.3 Å². The molecule has 2 N–H and O–H groups in total. The highest BCUT2D eigenvalue weighted by atomic mass is 35.5. The molecule has 0 radical (unpaired) electrons. The summed E-state index contributed by atoms with van der Waals surface area (Å²) in [6.07, 6.45) is 0. The molecule has 0 spiro atoms. The number of para-hydroxylation sites is 1. The highest BCUT2D eigenvalue weighted by Gasteiger charge is 2.20. The van der Waals surface area contributed by atoms with Crippen LogP contribution in [0.2, 0.25) is 5.02 Å². The Balaban J connectivity index is 2.65. The second-order valence-electron chi connectivity index (χ2n) is 4.70. The monoisotopic (exact) mass is 281 g/mol. The summed E-state index contributed by atoms with van der Waals surface area (Å²) < 4.78 is 15.5. The molecule has 0 fully saturated rings. The molecule has 0 aliphatic heterocycles. The van der Waals surface area contributed by atoms with E-state index >= 15 is 0 Å². The van der Waals surface area contributed by atoms with Crippen LogP contribution in [-0.4, -0.2) is 16.3 Å². The van der Waals surface area contributed by atoms with Crippen LogP contribution in [0.1, 0.15) is 29.8 Å². The van der Waals surface area contributed by atoms with Crippen molar-refractivity contribution in [3.63, 3.8) is 0 Å². The van der Waals surface area contributed by atoms with Crippen molar-refractivity contribution in [1.29, 1.82) is 0 Å². The standard InChI is InChI=1S/C14H17ClFN3/c1-8(7-17)13-9(2)18-19(10(13)3)14-11(15)5-4-6-12(14)16/h4-6,8H,7,17H2,1-3H3. The second kappa shape index (κ2) is 5.31. The quantitative estimate of drug-likeness (QED) is 0.938. The number of rotatable bonds is 3. The van der Waals surface area contributed by atoms with Crippen molar-refractivity contribution in [3.05, 3.63) is 46.0 Å². The molecule has 0 aliphatic carbocycles. The van der Waals surface area contributed by atoms with Crippen LogP contribution in [-0.2, 0) is 0 Å². The van der Waals surface area contributed by atoms with Crippen molar-refractivity contribution in [2.24, 2.45) is 5.73 Å². The molecule has 1 heterocycles. The molecule has 1 unspecified atom stereocenters. The number of nitrogens with two attached hydrogens (primary N) is 1. The van der Waals surface area contributed by atoms with Crippen molar-refractivity contribution >= 4 is 11.6 Å². The number of hydrogen-bond acceptors (Lipinski definition) is 2. The lowest BCUT2D eigenvalue weighted by Gasteiger charge is -2.11. The number of aromatic nitrogens is 2. The summed E-state index contributed by atoms with van der Waals surface area (Å²) in [7, 11) is 0. The number of aryl methyl sites for hydroxylation is 1. The number of benzene rings is 1. The van der Waals surface area contributed by atoms with Crippen LogP contribution < -0.4 is 5.73 Å². The Kier molecular flexibility index (Phi) is 3.92. The highest BCUT2D eigenvalue weighted by Crippen LogP contribution is 2.29. The van der Waals surface area contributed by atoms with Crippen molar-refractivity contribution in [3.8, 4) is 5.69 Å². The van der Waals surface area contributed by atoms with Gasteiger partial charge in [0.05, 0.1) is 10.7 Å². The summed E-state index contributed by atoms with van der Waals surface area (Å²) in [5.74, 6) is -0.204. The molecule has 1 aromatic carbocycles. The molecule has 102 valence electrons. The fourth-order valence-corrected chi connectivity index (χ4v) is 2.64. The topological polar surface area (TPSA) is 43.8 Å². The summed E-state index contributed by atoms with van der Waals surface area (Å²) in [5, 5.41) is 4.75. The van der Waals surface area contributed by atoms with E-state index < -0.39 is 0 Å². The maximum Gasteiger partial charge on any atom is 0.150 e. The summed E-state index contributed by atoms with van der Waals surface area (Å²) in [4.78, 5) is 0. The molecule has 2 rings (SSSR count). The average Bonchev–Trinajstić information content (AvgIpc) is 2.64. The first kappa shape index (κ1) is 14.0. The Labute approximate surface area is 117 Å². The Bertz CT molecular complexity index is 587. The minimum absolute atomic E-state index is 0.180. The zero-order chi connectivity index (χ0) is 14.2. The fourth-order valence-electron chi connectivity index (χ4n) is 2.39. The molecule has 1 aromatic heterocycles. The van der Waals surface area contributed by atoms with Gasteiger partial charge in [0.2, 0.25) is 0 Å². The molecule has 0 aliphatic rings. The van der Waals surface area contributed by atoms with Crippen LogP contribution in [0.25, 0.3) is 5.69 Å². The Morgan fingerprint density at radius 2 is 2.11 bits per heavy atom. The predicted molar refractivity (Wildman–Crippen MR) is 75.5 cm³/mol. The van der Waals surface area contributed by atoms with E-state index in [1.54, 1.807) is 16.8 Å². The van der Waals surface area contributed by atoms with E-state index in [4.69, 9.17) is 17.3 Å². The smallest absolute Gasteiger partial charge is 0.150 e. The van der Waals surface area contributed by atoms with Gasteiger partial charge in [0.1, 0.15) is 11.5 Å². The number of nitrogens with zero attached hydrogens (tertiary/aromatic N) is 2. The number of hydrogen-bond donors (Lipinski definition) is 1. The molecule has 0 saturated heterocycles. The Morgan fingerprint density at radius 1 is 1.42 bits per heavy atom. The van der Waals surface area contributed by atoms with E-state index in [0.717, 1.165) is 17.0 Å². The van der Waals surface area contributed by atoms with Gasteiger partial charge in [-0.1, -0.05) is 24.6 Å². The normalized spacial score (nSPS) is 12.7. The molecule has 2 aromatic rings. The van der Waals surface area contributed by atoms with E-state index in [0.29, 0.717) is 17.3 Å². The first-order valence-electron chi connectivity index (χ1n) is 6.18. The lowest BCUT2D eigenvalue weighted by Crippen LogP contribution is -2.11. The van der Waals surface area contributed by atoms with Crippen molar-refractivity contribution in [2.75, 3.05) is 6.54 Å². The molecule has 3 nitrogen and oxygen atoms in total. The van der Waals surface area contributed by atoms with Gasteiger partial charge < -0.3 is 5.73 Å². The van der Waals surface area contributed by atoms with Crippen molar-refractivity contribution in [2.45, 2.75) is 26.7 Å². The van der Waals surface area contributed by atoms with Crippen LogP contribution in [0.4, 0.5) is 4.39 Å². The molecule has 1 atom stereocenters. The predicted octanol–water partition coefficient (Wildman–Crippen LogP) is 3.34. The lowest BCUT2D eigenvalue weighted by molar-refractivity contribution is 0.608. The number of halogens is 2. The maximum atomic E-state index is 14.0. The largest absolute Gasteiger partial charge is 0.330 e. The molecule has 19 heavy (non-hydrogen) atoms. The highest BCUT2D eigenvalue weighted by molar-refractivity contribution is 6.32. The van der Waals surface area contributed by atoms with Crippen LogP contribution in [0.5, 0.6) is 0 Å². The van der Waals surface area contributed by atoms with Crippen LogP contribution in [0.15, 0.2) is 18.2 Å². The van der Waals surface area contributed by atoms with Crippen molar-refractivity contribution < 1.29 is 4.39 Å². The van der Waals surface area contributed by atoms with Gasteiger partial charge in [-0.2, -0.15) is 5.10 Å². The van der Waals surface area contributed by atoms with Crippen LogP contribution in [0, 0.1) is 19.7 Å². The lowest BCUT2D eigenvalue weighted by atomic mass is 9.99. The SMILES string of the molecule is Cc1nn(-c2c(F)cccc2Cl)c(C)c1C(C)CN. The molecular weight excluding hydrogens is 265 g/mol. The van der Waals surface area contributed by atoms with Gasteiger partial charge in [0.25, 0.3) is 0 Å². The van der Waals surface area contributed by atoms with E-state index in [9.17, 15) is 4.39 Å². The minimum atomic E-state index is -0.384. The van der Waals surface area contributed by atoms with Gasteiger partial charge in [-0.05, 0) is 38.4 Å². The summed E-state index contributed by atoms with van der Waals surface area (Å²) in [6, 6.07) is 4.61. The first-order valence-corrected chi connectivity index (χ1v) is 6.55. The van der Waals surface area contributed by atoms with E-state index in [-0.39, 0.29) is 11.7 Å². The van der Waals surface area contributed by atoms with Gasteiger partial charge in [-0.3, -0.25) is 0 Å². The molecule has 0 amide bonds.